The van der Waals surface area contributed by atoms with Crippen LogP contribution >= 0.6 is 34.5 Å². The highest BCUT2D eigenvalue weighted by atomic mass is 35.5. The van der Waals surface area contributed by atoms with Crippen LogP contribution in [0.25, 0.3) is 5.69 Å². The third-order valence-corrected chi connectivity index (χ3v) is 9.56. The van der Waals surface area contributed by atoms with E-state index in [0.29, 0.717) is 28.1 Å². The molecular formula is C31H33Cl2N3O2S. The first-order valence-electron chi connectivity index (χ1n) is 13.2. The summed E-state index contributed by atoms with van der Waals surface area (Å²) in [6, 6.07) is 11.4. The van der Waals surface area contributed by atoms with Gasteiger partial charge in [0.2, 0.25) is 0 Å². The van der Waals surface area contributed by atoms with Crippen LogP contribution in [0.4, 0.5) is 5.00 Å². The summed E-state index contributed by atoms with van der Waals surface area (Å²) in [5.41, 5.74) is 6.08. The number of halogens is 2. The normalized spacial score (nSPS) is 15.6. The van der Waals surface area contributed by atoms with Crippen molar-refractivity contribution in [3.8, 4) is 5.69 Å². The maximum Gasteiger partial charge on any atom is 0.255 e. The highest BCUT2D eigenvalue weighted by Gasteiger charge is 2.33. The highest BCUT2D eigenvalue weighted by molar-refractivity contribution is 7.16. The molecule has 1 aliphatic carbocycles. The summed E-state index contributed by atoms with van der Waals surface area (Å²) >= 11 is 14.1. The van der Waals surface area contributed by atoms with E-state index in [1.165, 1.54) is 4.88 Å². The number of rotatable bonds is 6. The summed E-state index contributed by atoms with van der Waals surface area (Å²) in [6.07, 6.45) is 6.42. The van der Waals surface area contributed by atoms with Gasteiger partial charge in [0.1, 0.15) is 10.8 Å². The Bertz CT molecular complexity index is 1540. The number of amides is 1. The minimum absolute atomic E-state index is 0.105. The SMILES string of the molecule is Cc1cc(C=Nc2sc3c(c2C(=O)NCc2ccco2)CC[C@@H](C(C)(C)C)C3)c(C)n1-c1ccc(Cl)c(Cl)c1. The van der Waals surface area contributed by atoms with Crippen LogP contribution in [0.15, 0.2) is 52.1 Å². The van der Waals surface area contributed by atoms with E-state index in [1.807, 2.05) is 30.5 Å². The zero-order chi connectivity index (χ0) is 27.9. The van der Waals surface area contributed by atoms with Crippen molar-refractivity contribution >= 4 is 51.7 Å². The van der Waals surface area contributed by atoms with Gasteiger partial charge in [-0.2, -0.15) is 0 Å². The molecule has 0 fully saturated rings. The van der Waals surface area contributed by atoms with Crippen LogP contribution in [-0.4, -0.2) is 16.7 Å². The average Bonchev–Trinajstić information content (AvgIpc) is 3.60. The summed E-state index contributed by atoms with van der Waals surface area (Å²) in [4.78, 5) is 19.7. The van der Waals surface area contributed by atoms with Gasteiger partial charge in [-0.15, -0.1) is 11.3 Å². The number of aliphatic imine (C=N–C) groups is 1. The molecule has 5 rings (SSSR count). The maximum absolute atomic E-state index is 13.5. The highest BCUT2D eigenvalue weighted by Crippen LogP contribution is 2.45. The van der Waals surface area contributed by atoms with E-state index in [9.17, 15) is 4.79 Å². The summed E-state index contributed by atoms with van der Waals surface area (Å²) in [7, 11) is 0. The molecule has 204 valence electrons. The number of nitrogens with zero attached hydrogens (tertiary/aromatic N) is 2. The van der Waals surface area contributed by atoms with E-state index in [0.717, 1.165) is 58.2 Å². The first-order valence-corrected chi connectivity index (χ1v) is 14.7. The zero-order valence-corrected chi connectivity index (χ0v) is 25.2. The molecule has 0 saturated heterocycles. The van der Waals surface area contributed by atoms with Crippen LogP contribution in [0.5, 0.6) is 0 Å². The van der Waals surface area contributed by atoms with Gasteiger partial charge < -0.3 is 14.3 Å². The minimum atomic E-state index is -0.105. The number of aromatic nitrogens is 1. The molecule has 0 aliphatic heterocycles. The Hall–Kier alpha value is -2.80. The number of furan rings is 1. The van der Waals surface area contributed by atoms with Gasteiger partial charge in [-0.3, -0.25) is 4.79 Å². The molecule has 0 saturated carbocycles. The fourth-order valence-corrected chi connectivity index (χ4v) is 6.93. The van der Waals surface area contributed by atoms with Crippen molar-refractivity contribution in [2.45, 2.75) is 60.4 Å². The Kier molecular flexibility index (Phi) is 7.82. The van der Waals surface area contributed by atoms with Crippen LogP contribution in [-0.2, 0) is 19.4 Å². The van der Waals surface area contributed by atoms with Gasteiger partial charge in [-0.25, -0.2) is 4.99 Å². The standard InChI is InChI=1S/C31H33Cl2N3O2S/c1-18-13-20(19(2)36(18)22-9-11-25(32)26(33)15-22)16-35-30-28(29(37)34-17-23-7-6-12-38-23)24-10-8-21(31(3,4)5)14-27(24)39-30/h6-7,9,11-13,15-16,21H,8,10,14,17H2,1-5H3,(H,34,37)/t21-/m1/s1. The van der Waals surface area contributed by atoms with Crippen LogP contribution in [0.3, 0.4) is 0 Å². The maximum atomic E-state index is 13.5. The van der Waals surface area contributed by atoms with Crippen LogP contribution in [0.2, 0.25) is 10.0 Å². The molecule has 3 heterocycles. The van der Waals surface area contributed by atoms with E-state index in [1.54, 1.807) is 23.7 Å². The summed E-state index contributed by atoms with van der Waals surface area (Å²) < 4.78 is 7.55. The Labute approximate surface area is 243 Å². The molecule has 1 N–H and O–H groups in total. The largest absolute Gasteiger partial charge is 0.467 e. The number of nitrogens with one attached hydrogen (secondary N) is 1. The van der Waals surface area contributed by atoms with Crippen LogP contribution in [0.1, 0.15) is 70.7 Å². The van der Waals surface area contributed by atoms with Crippen molar-refractivity contribution in [2.24, 2.45) is 16.3 Å². The lowest BCUT2D eigenvalue weighted by Gasteiger charge is -2.33. The predicted molar refractivity (Wildman–Crippen MR) is 162 cm³/mol. The van der Waals surface area contributed by atoms with Crippen molar-refractivity contribution in [2.75, 3.05) is 0 Å². The summed E-state index contributed by atoms with van der Waals surface area (Å²) in [5.74, 6) is 1.19. The van der Waals surface area contributed by atoms with Crippen molar-refractivity contribution in [1.82, 2.24) is 9.88 Å². The predicted octanol–water partition coefficient (Wildman–Crippen LogP) is 8.89. The topological polar surface area (TPSA) is 59.5 Å². The Morgan fingerprint density at radius 1 is 1.21 bits per heavy atom. The second kappa shape index (κ2) is 11.0. The third kappa shape index (κ3) is 5.74. The van der Waals surface area contributed by atoms with E-state index in [2.05, 4.69) is 50.6 Å². The van der Waals surface area contributed by atoms with Crippen molar-refractivity contribution in [3.63, 3.8) is 0 Å². The third-order valence-electron chi connectivity index (χ3n) is 7.65. The first kappa shape index (κ1) is 27.8. The summed E-state index contributed by atoms with van der Waals surface area (Å²) in [6.45, 7) is 11.4. The molecule has 39 heavy (non-hydrogen) atoms. The second-order valence-electron chi connectivity index (χ2n) is 11.3. The van der Waals surface area contributed by atoms with Gasteiger partial charge >= 0.3 is 0 Å². The molecule has 4 aromatic rings. The smallest absolute Gasteiger partial charge is 0.255 e. The van der Waals surface area contributed by atoms with Gasteiger partial charge in [0.15, 0.2) is 0 Å². The van der Waals surface area contributed by atoms with Crippen LogP contribution < -0.4 is 5.32 Å². The Balaban J connectivity index is 1.49. The summed E-state index contributed by atoms with van der Waals surface area (Å²) in [5, 5.41) is 4.84. The molecule has 0 spiro atoms. The molecule has 1 amide bonds. The van der Waals surface area contributed by atoms with E-state index < -0.39 is 0 Å². The number of aryl methyl sites for hydroxylation is 1. The molecule has 1 aliphatic rings. The molecular weight excluding hydrogens is 549 g/mol. The molecule has 1 atom stereocenters. The van der Waals surface area contributed by atoms with Gasteiger partial charge in [-0.05, 0) is 86.4 Å². The Morgan fingerprint density at radius 3 is 2.69 bits per heavy atom. The van der Waals surface area contributed by atoms with Crippen molar-refractivity contribution in [1.29, 1.82) is 0 Å². The molecule has 3 aromatic heterocycles. The number of carbonyl (C=O) groups excluding carboxylic acids is 1. The minimum Gasteiger partial charge on any atom is -0.467 e. The molecule has 5 nitrogen and oxygen atoms in total. The lowest BCUT2D eigenvalue weighted by Crippen LogP contribution is -2.28. The van der Waals surface area contributed by atoms with E-state index in [-0.39, 0.29) is 11.3 Å². The second-order valence-corrected chi connectivity index (χ2v) is 13.2. The number of fused-ring (bicyclic) bond motifs is 1. The van der Waals surface area contributed by atoms with Gasteiger partial charge in [0.25, 0.3) is 5.91 Å². The quantitative estimate of drug-likeness (QED) is 0.231. The van der Waals surface area contributed by atoms with Gasteiger partial charge in [0.05, 0.1) is 28.4 Å². The number of hydrogen-bond acceptors (Lipinski definition) is 4. The zero-order valence-electron chi connectivity index (χ0n) is 22.9. The molecule has 0 bridgehead atoms. The van der Waals surface area contributed by atoms with Gasteiger partial charge in [0, 0.05) is 33.7 Å². The Morgan fingerprint density at radius 2 is 2.00 bits per heavy atom. The van der Waals surface area contributed by atoms with Gasteiger partial charge in [-0.1, -0.05) is 44.0 Å². The van der Waals surface area contributed by atoms with E-state index in [4.69, 9.17) is 32.6 Å². The number of thiophene rings is 1. The van der Waals surface area contributed by atoms with Crippen molar-refractivity contribution < 1.29 is 9.21 Å². The number of carbonyl (C=O) groups is 1. The van der Waals surface area contributed by atoms with Crippen LogP contribution in [0, 0.1) is 25.2 Å². The van der Waals surface area contributed by atoms with E-state index >= 15 is 0 Å². The van der Waals surface area contributed by atoms with Crippen molar-refractivity contribution in [3.05, 3.63) is 91.4 Å². The monoisotopic (exact) mass is 581 g/mol. The average molecular weight is 583 g/mol. The molecule has 8 heteroatoms. The first-order chi connectivity index (χ1) is 18.5. The number of benzene rings is 1. The fraction of sp³-hybridized carbons (Fsp3) is 0.355. The lowest BCUT2D eigenvalue weighted by molar-refractivity contribution is 0.0947. The molecule has 0 radical (unpaired) electrons. The molecule has 0 unspecified atom stereocenters. The lowest BCUT2D eigenvalue weighted by atomic mass is 9.72. The molecule has 1 aromatic carbocycles. The fourth-order valence-electron chi connectivity index (χ4n) is 5.37. The number of hydrogen-bond donors (Lipinski definition) is 1.